The van der Waals surface area contributed by atoms with E-state index in [0.29, 0.717) is 67.7 Å². The number of aliphatic hydroxyl groups excluding tert-OH is 1. The number of esters is 1. The molecule has 4 unspecified atom stereocenters. The highest BCUT2D eigenvalue weighted by Crippen LogP contribution is 2.38. The van der Waals surface area contributed by atoms with Crippen molar-refractivity contribution >= 4 is 39.4 Å². The second-order valence-corrected chi connectivity index (χ2v) is 15.6. The molecule has 3 rings (SSSR count). The number of hydrogen-bond donors (Lipinski definition) is 4. The predicted molar refractivity (Wildman–Crippen MR) is 188 cm³/mol. The molecular formula is C34H56N4O6S2. The smallest absolute Gasteiger partial charge is 0.302 e. The number of aromatic hydroxyl groups is 1. The molecule has 1 aromatic carbocycles. The van der Waals surface area contributed by atoms with E-state index in [4.69, 9.17) is 15.2 Å². The second-order valence-electron chi connectivity index (χ2n) is 13.0. The van der Waals surface area contributed by atoms with Crippen LogP contribution in [-0.4, -0.2) is 76.5 Å². The molecule has 2 aliphatic heterocycles. The Bertz CT molecular complexity index is 1140. The third-order valence-electron chi connectivity index (χ3n) is 8.85. The van der Waals surface area contributed by atoms with Crippen molar-refractivity contribution < 1.29 is 29.3 Å². The van der Waals surface area contributed by atoms with Gasteiger partial charge in [0.1, 0.15) is 6.10 Å². The zero-order valence-electron chi connectivity index (χ0n) is 28.2. The maximum Gasteiger partial charge on any atom is 0.302 e. The monoisotopic (exact) mass is 680 g/mol. The van der Waals surface area contributed by atoms with Crippen molar-refractivity contribution in [1.29, 1.82) is 0 Å². The van der Waals surface area contributed by atoms with Crippen LogP contribution < -0.4 is 15.8 Å². The fraction of sp³-hybridized carbons (Fsp3) is 0.735. The van der Waals surface area contributed by atoms with Crippen LogP contribution in [0.4, 0.5) is 0 Å². The number of ether oxygens (including phenoxy) is 2. The fourth-order valence-corrected chi connectivity index (χ4v) is 8.18. The molecule has 10 nitrogen and oxygen atoms in total. The molecule has 0 aliphatic carbocycles. The predicted octanol–water partition coefficient (Wildman–Crippen LogP) is 5.77. The summed E-state index contributed by atoms with van der Waals surface area (Å²) in [7, 11) is 5.01. The maximum atomic E-state index is 13.5. The number of hydrogen-bond acceptors (Lipinski definition) is 11. The van der Waals surface area contributed by atoms with E-state index in [0.717, 1.165) is 56.3 Å². The van der Waals surface area contributed by atoms with Gasteiger partial charge in [-0.25, -0.2) is 4.99 Å². The third-order valence-corrected chi connectivity index (χ3v) is 11.0. The Hall–Kier alpha value is -2.31. The van der Waals surface area contributed by atoms with Crippen LogP contribution in [0.25, 0.3) is 0 Å². The summed E-state index contributed by atoms with van der Waals surface area (Å²) in [5, 5.41) is 25.1. The summed E-state index contributed by atoms with van der Waals surface area (Å²) in [5.41, 5.74) is 7.69. The Morgan fingerprint density at radius 1 is 1.17 bits per heavy atom. The van der Waals surface area contributed by atoms with Crippen molar-refractivity contribution in [1.82, 2.24) is 10.2 Å². The minimum absolute atomic E-state index is 0.0342. The first-order valence-electron chi connectivity index (χ1n) is 16.9. The number of nitrogens with two attached hydrogens (primary N) is 1. The van der Waals surface area contributed by atoms with Crippen molar-refractivity contribution in [3.63, 3.8) is 0 Å². The van der Waals surface area contributed by atoms with Gasteiger partial charge in [0.05, 0.1) is 19.1 Å². The number of amides is 1. The van der Waals surface area contributed by atoms with Crippen LogP contribution in [0.2, 0.25) is 0 Å². The molecule has 1 amide bonds. The lowest BCUT2D eigenvalue weighted by molar-refractivity contribution is -0.148. The van der Waals surface area contributed by atoms with Gasteiger partial charge in [0.25, 0.3) is 0 Å². The fourth-order valence-electron chi connectivity index (χ4n) is 6.38. The molecule has 0 saturated carbocycles. The molecule has 1 aromatic rings. The number of rotatable bonds is 5. The summed E-state index contributed by atoms with van der Waals surface area (Å²) in [6, 6.07) is 3.77. The van der Waals surface area contributed by atoms with Gasteiger partial charge in [-0.05, 0) is 68.4 Å². The highest BCUT2D eigenvalue weighted by atomic mass is 33.1. The Kier molecular flexibility index (Phi) is 16.7. The topological polar surface area (TPSA) is 147 Å². The number of carbonyl (C=O) groups excluding carboxylic acids is 2. The van der Waals surface area contributed by atoms with E-state index in [-0.39, 0.29) is 36.1 Å². The number of guanidine groups is 1. The molecule has 2 heterocycles. The number of phenolic OH excluding ortho intramolecular Hbond substituents is 1. The number of carbonyl (C=O) groups is 2. The summed E-state index contributed by atoms with van der Waals surface area (Å²) >= 11 is 0. The lowest BCUT2D eigenvalue weighted by Crippen LogP contribution is -2.37. The SMILES string of the molecule is COc1cc2cc(c1O)CN1C(=O)CC(CCNC(N)=NCSSCCCCCCC(O)CC(OC(C)=O)CC2)C1CCC(C)C. The first kappa shape index (κ1) is 38.1. The zero-order chi connectivity index (χ0) is 33.5. The van der Waals surface area contributed by atoms with Gasteiger partial charge in [0.15, 0.2) is 17.5 Å². The van der Waals surface area contributed by atoms with Crippen LogP contribution in [0, 0.1) is 11.8 Å². The van der Waals surface area contributed by atoms with Gasteiger partial charge in [-0.2, -0.15) is 0 Å². The van der Waals surface area contributed by atoms with Crippen LogP contribution in [0.5, 0.6) is 11.5 Å². The molecule has 4 atom stereocenters. The largest absolute Gasteiger partial charge is 0.504 e. The Morgan fingerprint density at radius 3 is 2.70 bits per heavy atom. The number of fused-ring (bicyclic) bond motifs is 4. The minimum Gasteiger partial charge on any atom is -0.504 e. The second kappa shape index (κ2) is 20.1. The molecule has 0 radical (unpaired) electrons. The van der Waals surface area contributed by atoms with Gasteiger partial charge in [-0.1, -0.05) is 60.8 Å². The standard InChI is InChI=1S/C34H56N4O6S2/c1-23(2)10-13-30-26-14-15-36-34(35)37-22-46-45-16-8-6-5-7-9-28(40)20-29(44-24(3)39)12-11-25-17-27(21-38(30)32(41)19-26)33(42)31(18-25)43-4/h17-18,23,26,28-30,40,42H,5-16,19-22H2,1-4H3,(H3,35,36,37). The minimum atomic E-state index is -0.549. The molecule has 4 bridgehead atoms. The van der Waals surface area contributed by atoms with Crippen molar-refractivity contribution in [3.05, 3.63) is 23.3 Å². The number of methoxy groups -OCH3 is 1. The Balaban J connectivity index is 1.84. The van der Waals surface area contributed by atoms with E-state index in [9.17, 15) is 19.8 Å². The highest BCUT2D eigenvalue weighted by Gasteiger charge is 2.39. The van der Waals surface area contributed by atoms with Crippen LogP contribution in [0.3, 0.4) is 0 Å². The van der Waals surface area contributed by atoms with E-state index in [1.54, 1.807) is 27.7 Å². The van der Waals surface area contributed by atoms with Gasteiger partial charge in [-0.3, -0.25) is 9.59 Å². The van der Waals surface area contributed by atoms with Crippen LogP contribution in [-0.2, 0) is 27.3 Å². The summed E-state index contributed by atoms with van der Waals surface area (Å²) in [5.74, 6) is 2.82. The van der Waals surface area contributed by atoms with E-state index >= 15 is 0 Å². The summed E-state index contributed by atoms with van der Waals surface area (Å²) in [6.07, 6.45) is 8.47. The van der Waals surface area contributed by atoms with Gasteiger partial charge in [0, 0.05) is 50.2 Å². The molecule has 46 heavy (non-hydrogen) atoms. The quantitative estimate of drug-likeness (QED) is 0.223. The Labute approximate surface area is 283 Å². The van der Waals surface area contributed by atoms with Crippen molar-refractivity contribution in [2.75, 3.05) is 25.3 Å². The molecule has 2 aliphatic rings. The molecule has 1 saturated heterocycles. The number of nitrogens with one attached hydrogen (secondary N) is 1. The van der Waals surface area contributed by atoms with Crippen molar-refractivity contribution in [3.8, 4) is 11.5 Å². The summed E-state index contributed by atoms with van der Waals surface area (Å²) in [6.45, 7) is 6.71. The maximum absolute atomic E-state index is 13.5. The summed E-state index contributed by atoms with van der Waals surface area (Å²) in [4.78, 5) is 31.7. The number of phenols is 1. The molecule has 0 aromatic heterocycles. The van der Waals surface area contributed by atoms with Crippen LogP contribution in [0.1, 0.15) is 103 Å². The number of aliphatic imine (C=N–C) groups is 1. The van der Waals surface area contributed by atoms with Gasteiger partial charge >= 0.3 is 5.97 Å². The van der Waals surface area contributed by atoms with Crippen LogP contribution in [0.15, 0.2) is 17.1 Å². The third kappa shape index (κ3) is 13.1. The van der Waals surface area contributed by atoms with E-state index in [2.05, 4.69) is 24.2 Å². The first-order valence-corrected chi connectivity index (χ1v) is 19.4. The zero-order valence-corrected chi connectivity index (χ0v) is 29.8. The number of aryl methyl sites for hydroxylation is 1. The average molecular weight is 681 g/mol. The Morgan fingerprint density at radius 2 is 1.96 bits per heavy atom. The van der Waals surface area contributed by atoms with E-state index < -0.39 is 12.2 Å². The van der Waals surface area contributed by atoms with Gasteiger partial charge in [0.2, 0.25) is 5.91 Å². The van der Waals surface area contributed by atoms with Crippen molar-refractivity contribution in [2.24, 2.45) is 22.6 Å². The summed E-state index contributed by atoms with van der Waals surface area (Å²) < 4.78 is 11.2. The molecule has 260 valence electrons. The number of nitrogens with zero attached hydrogens (tertiary/aromatic N) is 2. The molecule has 12 heteroatoms. The molecular weight excluding hydrogens is 625 g/mol. The van der Waals surface area contributed by atoms with Gasteiger partial charge < -0.3 is 35.6 Å². The normalized spacial score (nSPS) is 25.0. The average Bonchev–Trinajstić information content (AvgIpc) is 3.29. The first-order chi connectivity index (χ1) is 22.1. The lowest BCUT2D eigenvalue weighted by atomic mass is 9.90. The molecule has 1 fully saturated rings. The highest BCUT2D eigenvalue weighted by molar-refractivity contribution is 8.76. The van der Waals surface area contributed by atoms with E-state index in [1.807, 2.05) is 11.0 Å². The van der Waals surface area contributed by atoms with Crippen molar-refractivity contribution in [2.45, 2.75) is 123 Å². The number of aliphatic hydroxyl groups is 1. The van der Waals surface area contributed by atoms with E-state index in [1.165, 1.54) is 14.0 Å². The van der Waals surface area contributed by atoms with Gasteiger partial charge in [-0.15, -0.1) is 0 Å². The van der Waals surface area contributed by atoms with Crippen LogP contribution >= 0.6 is 21.6 Å². The lowest BCUT2D eigenvalue weighted by Gasteiger charge is -2.30. The molecule has 0 spiro atoms. The number of benzene rings is 1. The molecule has 5 N–H and O–H groups in total.